The Balaban J connectivity index is 1.99. The van der Waals surface area contributed by atoms with Gasteiger partial charge in [0.1, 0.15) is 5.75 Å². The molecule has 0 N–H and O–H groups in total. The normalized spacial score (nSPS) is 11.8. The maximum Gasteiger partial charge on any atom is 0.573 e. The summed E-state index contributed by atoms with van der Waals surface area (Å²) in [4.78, 5) is 16.9. The maximum absolute atomic E-state index is 12.2. The lowest BCUT2D eigenvalue weighted by atomic mass is 10.1. The lowest BCUT2D eigenvalue weighted by Crippen LogP contribution is -2.17. The largest absolute Gasteiger partial charge is 0.573 e. The Morgan fingerprint density at radius 1 is 1.19 bits per heavy atom. The zero-order valence-electron chi connectivity index (χ0n) is 10.3. The third kappa shape index (κ3) is 2.75. The van der Waals surface area contributed by atoms with E-state index >= 15 is 0 Å². The minimum Gasteiger partial charge on any atom is -0.406 e. The summed E-state index contributed by atoms with van der Waals surface area (Å²) in [6.07, 6.45) is -1.73. The maximum atomic E-state index is 12.2. The van der Waals surface area contributed by atoms with Crippen LogP contribution in [0, 0.1) is 0 Å². The molecule has 0 atom stereocenters. The molecule has 8 heteroatoms. The number of benzene rings is 1. The van der Waals surface area contributed by atoms with Crippen molar-refractivity contribution in [1.82, 2.24) is 9.38 Å². The monoisotopic (exact) mass is 312 g/mol. The third-order valence-electron chi connectivity index (χ3n) is 2.74. The van der Waals surface area contributed by atoms with Gasteiger partial charge in [0, 0.05) is 17.8 Å². The molecule has 0 unspecified atom stereocenters. The third-order valence-corrected chi connectivity index (χ3v) is 3.51. The molecule has 2 aromatic heterocycles. The van der Waals surface area contributed by atoms with Gasteiger partial charge in [-0.2, -0.15) is 0 Å². The van der Waals surface area contributed by atoms with E-state index in [9.17, 15) is 18.0 Å². The highest BCUT2D eigenvalue weighted by atomic mass is 32.1. The molecule has 3 rings (SSSR count). The van der Waals surface area contributed by atoms with Gasteiger partial charge in [-0.1, -0.05) is 12.1 Å². The molecule has 0 saturated heterocycles. The minimum absolute atomic E-state index is 0.272. The van der Waals surface area contributed by atoms with Gasteiger partial charge in [0.2, 0.25) is 0 Å². The smallest absolute Gasteiger partial charge is 0.406 e. The number of alkyl halides is 3. The molecule has 3 aromatic rings. The van der Waals surface area contributed by atoms with E-state index in [1.54, 1.807) is 11.6 Å². The van der Waals surface area contributed by atoms with Crippen molar-refractivity contribution in [3.8, 4) is 16.9 Å². The summed E-state index contributed by atoms with van der Waals surface area (Å²) >= 11 is 1.32. The summed E-state index contributed by atoms with van der Waals surface area (Å²) < 4.78 is 41.4. The van der Waals surface area contributed by atoms with Crippen molar-refractivity contribution in [2.45, 2.75) is 6.36 Å². The number of halogens is 3. The first kappa shape index (κ1) is 13.6. The van der Waals surface area contributed by atoms with Crippen molar-refractivity contribution >= 4 is 16.3 Å². The van der Waals surface area contributed by atoms with Crippen LogP contribution in [0.2, 0.25) is 0 Å². The van der Waals surface area contributed by atoms with Crippen molar-refractivity contribution < 1.29 is 17.9 Å². The quantitative estimate of drug-likeness (QED) is 0.729. The molecule has 0 fully saturated rings. The molecule has 0 amide bonds. The van der Waals surface area contributed by atoms with E-state index in [0.717, 1.165) is 12.1 Å². The highest BCUT2D eigenvalue weighted by molar-refractivity contribution is 7.15. The van der Waals surface area contributed by atoms with E-state index in [1.165, 1.54) is 34.1 Å². The summed E-state index contributed by atoms with van der Waals surface area (Å²) in [5, 5.41) is 1.73. The van der Waals surface area contributed by atoms with Crippen LogP contribution in [0.25, 0.3) is 16.1 Å². The van der Waals surface area contributed by atoms with Crippen LogP contribution in [-0.4, -0.2) is 15.7 Å². The van der Waals surface area contributed by atoms with Crippen LogP contribution in [0.1, 0.15) is 0 Å². The second kappa shape index (κ2) is 4.88. The predicted molar refractivity (Wildman–Crippen MR) is 71.5 cm³/mol. The zero-order valence-corrected chi connectivity index (χ0v) is 11.1. The lowest BCUT2D eigenvalue weighted by Gasteiger charge is -2.09. The molecule has 4 nitrogen and oxygen atoms in total. The van der Waals surface area contributed by atoms with E-state index in [4.69, 9.17) is 0 Å². The van der Waals surface area contributed by atoms with Gasteiger partial charge in [-0.05, 0) is 17.7 Å². The fourth-order valence-electron chi connectivity index (χ4n) is 1.86. The molecule has 2 heterocycles. The fourth-order valence-corrected chi connectivity index (χ4v) is 2.53. The summed E-state index contributed by atoms with van der Waals surface area (Å²) in [7, 11) is 0. The molecule has 0 saturated carbocycles. The predicted octanol–water partition coefficient (Wildman–Crippen LogP) is 3.32. The van der Waals surface area contributed by atoms with E-state index in [1.807, 2.05) is 0 Å². The van der Waals surface area contributed by atoms with Crippen LogP contribution in [0.4, 0.5) is 13.2 Å². The summed E-state index contributed by atoms with van der Waals surface area (Å²) in [5.41, 5.74) is 0.512. The highest BCUT2D eigenvalue weighted by Crippen LogP contribution is 2.25. The van der Waals surface area contributed by atoms with Crippen LogP contribution < -0.4 is 10.3 Å². The summed E-state index contributed by atoms with van der Waals surface area (Å²) in [6.45, 7) is 0. The topological polar surface area (TPSA) is 43.6 Å². The first-order valence-electron chi connectivity index (χ1n) is 5.75. The number of ether oxygens (including phenoxy) is 1. The SMILES string of the molecule is O=c1c(-c2ccc(OC(F)(F)F)cc2)cnc2sccn12. The molecule has 0 radical (unpaired) electrons. The number of rotatable bonds is 2. The number of hydrogen-bond donors (Lipinski definition) is 0. The Morgan fingerprint density at radius 2 is 1.90 bits per heavy atom. The Labute approximate surface area is 120 Å². The number of hydrogen-bond acceptors (Lipinski definition) is 4. The molecule has 0 bridgehead atoms. The summed E-state index contributed by atoms with van der Waals surface area (Å²) in [5.74, 6) is -0.337. The Morgan fingerprint density at radius 3 is 2.57 bits per heavy atom. The molecule has 1 aromatic carbocycles. The number of fused-ring (bicyclic) bond motifs is 1. The van der Waals surface area contributed by atoms with Gasteiger partial charge in [-0.15, -0.1) is 24.5 Å². The molecular formula is C13H7F3N2O2S. The number of thiazole rings is 1. The van der Waals surface area contributed by atoms with Crippen LogP contribution in [0.15, 0.2) is 46.8 Å². The Bertz CT molecular complexity index is 837. The summed E-state index contributed by atoms with van der Waals surface area (Å²) in [6, 6.07) is 5.09. The number of aromatic nitrogens is 2. The van der Waals surface area contributed by atoms with Gasteiger partial charge < -0.3 is 4.74 Å². The van der Waals surface area contributed by atoms with Gasteiger partial charge in [-0.3, -0.25) is 9.20 Å². The molecular weight excluding hydrogens is 305 g/mol. The lowest BCUT2D eigenvalue weighted by molar-refractivity contribution is -0.274. The van der Waals surface area contributed by atoms with Gasteiger partial charge in [-0.25, -0.2) is 4.98 Å². The zero-order chi connectivity index (χ0) is 15.0. The van der Waals surface area contributed by atoms with Crippen LogP contribution in [-0.2, 0) is 0 Å². The van der Waals surface area contributed by atoms with Gasteiger partial charge >= 0.3 is 6.36 Å². The first-order valence-corrected chi connectivity index (χ1v) is 6.63. The fraction of sp³-hybridized carbons (Fsp3) is 0.0769. The molecule has 0 aliphatic rings. The molecule has 21 heavy (non-hydrogen) atoms. The van der Waals surface area contributed by atoms with E-state index < -0.39 is 6.36 Å². The average molecular weight is 312 g/mol. The Hall–Kier alpha value is -2.35. The van der Waals surface area contributed by atoms with E-state index in [2.05, 4.69) is 9.72 Å². The van der Waals surface area contributed by atoms with Crippen molar-refractivity contribution in [2.75, 3.05) is 0 Å². The first-order chi connectivity index (χ1) is 9.94. The van der Waals surface area contributed by atoms with E-state index in [-0.39, 0.29) is 11.3 Å². The molecule has 0 aliphatic heterocycles. The average Bonchev–Trinajstić information content (AvgIpc) is 2.88. The standard InChI is InChI=1S/C13H7F3N2O2S/c14-13(15,16)20-9-3-1-8(2-4-9)10-7-17-12-18(11(10)19)5-6-21-12/h1-7H. The van der Waals surface area contributed by atoms with Crippen molar-refractivity contribution in [3.05, 3.63) is 52.4 Å². The van der Waals surface area contributed by atoms with Crippen LogP contribution in [0.5, 0.6) is 5.75 Å². The van der Waals surface area contributed by atoms with Crippen LogP contribution >= 0.6 is 11.3 Å². The van der Waals surface area contributed by atoms with Gasteiger partial charge in [0.25, 0.3) is 5.56 Å². The van der Waals surface area contributed by atoms with Crippen molar-refractivity contribution in [1.29, 1.82) is 0 Å². The minimum atomic E-state index is -4.74. The highest BCUT2D eigenvalue weighted by Gasteiger charge is 2.31. The van der Waals surface area contributed by atoms with E-state index in [0.29, 0.717) is 16.1 Å². The van der Waals surface area contributed by atoms with Gasteiger partial charge in [0.05, 0.1) is 5.56 Å². The molecule has 108 valence electrons. The van der Waals surface area contributed by atoms with Crippen molar-refractivity contribution in [2.24, 2.45) is 0 Å². The molecule has 0 spiro atoms. The van der Waals surface area contributed by atoms with Crippen molar-refractivity contribution in [3.63, 3.8) is 0 Å². The second-order valence-corrected chi connectivity index (χ2v) is 4.98. The van der Waals surface area contributed by atoms with Gasteiger partial charge in [0.15, 0.2) is 4.96 Å². The molecule has 0 aliphatic carbocycles. The van der Waals surface area contributed by atoms with Crippen LogP contribution in [0.3, 0.4) is 0 Å². The number of nitrogens with zero attached hydrogens (tertiary/aromatic N) is 2. The second-order valence-electron chi connectivity index (χ2n) is 4.10. The Kier molecular flexibility index (Phi) is 3.17.